The van der Waals surface area contributed by atoms with Crippen molar-refractivity contribution < 1.29 is 4.42 Å². The largest absolute Gasteiger partial charge is 0.420 e. The van der Waals surface area contributed by atoms with Gasteiger partial charge in [-0.05, 0) is 59.7 Å². The van der Waals surface area contributed by atoms with E-state index in [9.17, 15) is 0 Å². The molecule has 0 spiro atoms. The molecule has 0 radical (unpaired) electrons. The summed E-state index contributed by atoms with van der Waals surface area (Å²) in [5.74, 6) is 1.53. The Morgan fingerprint density at radius 2 is 1.73 bits per heavy atom. The number of aromatic nitrogens is 6. The van der Waals surface area contributed by atoms with Gasteiger partial charge in [-0.25, -0.2) is 0 Å². The van der Waals surface area contributed by atoms with Crippen LogP contribution in [-0.4, -0.2) is 30.4 Å². The first-order chi connectivity index (χ1) is 12.7. The van der Waals surface area contributed by atoms with Gasteiger partial charge in [-0.1, -0.05) is 36.0 Å². The van der Waals surface area contributed by atoms with Crippen LogP contribution in [0.4, 0.5) is 0 Å². The van der Waals surface area contributed by atoms with Crippen molar-refractivity contribution >= 4 is 11.8 Å². The summed E-state index contributed by atoms with van der Waals surface area (Å²) >= 11 is 1.45. The smallest absolute Gasteiger partial charge is 0.247 e. The normalized spacial score (nSPS) is 11.0. The maximum absolute atomic E-state index is 5.73. The summed E-state index contributed by atoms with van der Waals surface area (Å²) in [6.07, 6.45) is 0. The van der Waals surface area contributed by atoms with Crippen molar-refractivity contribution in [1.29, 1.82) is 0 Å². The molecule has 0 aliphatic rings. The summed E-state index contributed by atoms with van der Waals surface area (Å²) in [4.78, 5) is 0. The molecule has 0 saturated heterocycles. The van der Waals surface area contributed by atoms with Gasteiger partial charge >= 0.3 is 0 Å². The van der Waals surface area contributed by atoms with Crippen LogP contribution in [-0.2, 0) is 5.75 Å². The fraction of sp³-hybridized carbons (Fsp3) is 0.167. The molecule has 0 fully saturated rings. The Kier molecular flexibility index (Phi) is 4.49. The highest BCUT2D eigenvalue weighted by atomic mass is 32.2. The molecule has 0 amide bonds. The molecular weight excluding hydrogens is 348 g/mol. The molecule has 7 nitrogen and oxygen atoms in total. The summed E-state index contributed by atoms with van der Waals surface area (Å²) in [5, 5.41) is 20.9. The van der Waals surface area contributed by atoms with E-state index in [1.165, 1.54) is 11.8 Å². The number of tetrazole rings is 1. The van der Waals surface area contributed by atoms with E-state index in [1.54, 1.807) is 4.68 Å². The van der Waals surface area contributed by atoms with E-state index in [1.807, 2.05) is 42.5 Å². The van der Waals surface area contributed by atoms with Crippen molar-refractivity contribution in [2.45, 2.75) is 24.8 Å². The highest BCUT2D eigenvalue weighted by molar-refractivity contribution is 7.98. The van der Waals surface area contributed by atoms with Gasteiger partial charge in [0.05, 0.1) is 11.4 Å². The first-order valence-electron chi connectivity index (χ1n) is 8.07. The van der Waals surface area contributed by atoms with Crippen molar-refractivity contribution in [3.63, 3.8) is 0 Å². The van der Waals surface area contributed by atoms with E-state index in [4.69, 9.17) is 4.42 Å². The zero-order valence-corrected chi connectivity index (χ0v) is 15.1. The Morgan fingerprint density at radius 3 is 2.50 bits per heavy atom. The van der Waals surface area contributed by atoms with Crippen LogP contribution in [0.1, 0.15) is 17.0 Å². The summed E-state index contributed by atoms with van der Waals surface area (Å²) < 4.78 is 7.45. The molecule has 0 aliphatic heterocycles. The van der Waals surface area contributed by atoms with Gasteiger partial charge in [0.25, 0.3) is 0 Å². The second-order valence-electron chi connectivity index (χ2n) is 5.87. The van der Waals surface area contributed by atoms with Gasteiger partial charge in [-0.15, -0.1) is 15.3 Å². The van der Waals surface area contributed by atoms with Gasteiger partial charge in [0.15, 0.2) is 0 Å². The molecule has 2 heterocycles. The third-order valence-electron chi connectivity index (χ3n) is 3.70. The minimum Gasteiger partial charge on any atom is -0.420 e. The number of hydrogen-bond donors (Lipinski definition) is 0. The van der Waals surface area contributed by atoms with Gasteiger partial charge in [-0.2, -0.15) is 4.68 Å². The van der Waals surface area contributed by atoms with E-state index < -0.39 is 0 Å². The lowest BCUT2D eigenvalue weighted by molar-refractivity contribution is 0.528. The topological polar surface area (TPSA) is 82.5 Å². The van der Waals surface area contributed by atoms with Crippen LogP contribution in [0.15, 0.2) is 58.1 Å². The number of aryl methyl sites for hydroxylation is 2. The molecule has 26 heavy (non-hydrogen) atoms. The average molecular weight is 364 g/mol. The molecule has 0 aliphatic carbocycles. The van der Waals surface area contributed by atoms with Crippen LogP contribution >= 0.6 is 11.8 Å². The van der Waals surface area contributed by atoms with Crippen molar-refractivity contribution in [2.75, 3.05) is 0 Å². The quantitative estimate of drug-likeness (QED) is 0.500. The van der Waals surface area contributed by atoms with Crippen LogP contribution in [0, 0.1) is 13.8 Å². The third-order valence-corrected chi connectivity index (χ3v) is 4.61. The fourth-order valence-electron chi connectivity index (χ4n) is 2.64. The van der Waals surface area contributed by atoms with Crippen molar-refractivity contribution in [3.05, 3.63) is 65.5 Å². The predicted molar refractivity (Wildman–Crippen MR) is 97.9 cm³/mol. The molecule has 0 atom stereocenters. The summed E-state index contributed by atoms with van der Waals surface area (Å²) in [7, 11) is 0. The van der Waals surface area contributed by atoms with Gasteiger partial charge in [0.1, 0.15) is 0 Å². The SMILES string of the molecule is Cc1cc(C)cc(-n2nnnc2SCc2nnc(-c3ccccc3)o2)c1. The van der Waals surface area contributed by atoms with Crippen LogP contribution in [0.2, 0.25) is 0 Å². The van der Waals surface area contributed by atoms with Crippen LogP contribution in [0.25, 0.3) is 17.1 Å². The molecule has 0 N–H and O–H groups in total. The minimum absolute atomic E-state index is 0.491. The second-order valence-corrected chi connectivity index (χ2v) is 6.82. The standard InChI is InChI=1S/C18H16N6OS/c1-12-8-13(2)10-15(9-12)24-18(21-22-23-24)26-11-16-19-20-17(25-16)14-6-4-3-5-7-14/h3-10H,11H2,1-2H3. The van der Waals surface area contributed by atoms with E-state index in [0.717, 1.165) is 22.4 Å². The maximum Gasteiger partial charge on any atom is 0.247 e. The lowest BCUT2D eigenvalue weighted by Crippen LogP contribution is -2.00. The number of thioether (sulfide) groups is 1. The molecule has 0 bridgehead atoms. The monoisotopic (exact) mass is 364 g/mol. The molecule has 8 heteroatoms. The lowest BCUT2D eigenvalue weighted by Gasteiger charge is -2.06. The highest BCUT2D eigenvalue weighted by Crippen LogP contribution is 2.25. The third kappa shape index (κ3) is 3.50. The summed E-state index contributed by atoms with van der Waals surface area (Å²) in [5.41, 5.74) is 4.16. The maximum atomic E-state index is 5.73. The van der Waals surface area contributed by atoms with E-state index in [-0.39, 0.29) is 0 Å². The van der Waals surface area contributed by atoms with Crippen LogP contribution in [0.3, 0.4) is 0 Å². The van der Waals surface area contributed by atoms with Crippen LogP contribution < -0.4 is 0 Å². The molecule has 4 aromatic rings. The zero-order chi connectivity index (χ0) is 17.9. The first-order valence-corrected chi connectivity index (χ1v) is 9.05. The fourth-order valence-corrected chi connectivity index (χ4v) is 3.37. The van der Waals surface area contributed by atoms with Crippen molar-refractivity contribution in [1.82, 2.24) is 30.4 Å². The zero-order valence-electron chi connectivity index (χ0n) is 14.3. The van der Waals surface area contributed by atoms with Gasteiger partial charge < -0.3 is 4.42 Å². The number of rotatable bonds is 5. The Balaban J connectivity index is 1.51. The highest BCUT2D eigenvalue weighted by Gasteiger charge is 2.13. The van der Waals surface area contributed by atoms with E-state index in [0.29, 0.717) is 22.7 Å². The van der Waals surface area contributed by atoms with Crippen molar-refractivity contribution in [2.24, 2.45) is 0 Å². The molecule has 0 unspecified atom stereocenters. The Morgan fingerprint density at radius 1 is 0.962 bits per heavy atom. The lowest BCUT2D eigenvalue weighted by atomic mass is 10.1. The molecule has 4 rings (SSSR count). The number of nitrogens with zero attached hydrogens (tertiary/aromatic N) is 6. The molecule has 2 aromatic heterocycles. The van der Waals surface area contributed by atoms with Crippen LogP contribution in [0.5, 0.6) is 0 Å². The predicted octanol–water partition coefficient (Wildman–Crippen LogP) is 3.62. The molecular formula is C18H16N6OS. The summed E-state index contributed by atoms with van der Waals surface area (Å²) in [6.45, 7) is 4.11. The molecule has 2 aromatic carbocycles. The Bertz CT molecular complexity index is 1010. The van der Waals surface area contributed by atoms with E-state index in [2.05, 4.69) is 45.6 Å². The Hall–Kier alpha value is -3.00. The second kappa shape index (κ2) is 7.09. The summed E-state index contributed by atoms with van der Waals surface area (Å²) in [6, 6.07) is 15.9. The molecule has 130 valence electrons. The van der Waals surface area contributed by atoms with Gasteiger partial charge in [0, 0.05) is 5.56 Å². The minimum atomic E-state index is 0.491. The first kappa shape index (κ1) is 16.5. The molecule has 0 saturated carbocycles. The average Bonchev–Trinajstić information content (AvgIpc) is 3.29. The van der Waals surface area contributed by atoms with Crippen molar-refractivity contribution in [3.8, 4) is 17.1 Å². The van der Waals surface area contributed by atoms with E-state index >= 15 is 0 Å². The number of benzene rings is 2. The Labute approximate surface area is 154 Å². The van der Waals surface area contributed by atoms with Gasteiger partial charge in [-0.3, -0.25) is 0 Å². The van der Waals surface area contributed by atoms with Gasteiger partial charge in [0.2, 0.25) is 16.9 Å². The number of hydrogen-bond acceptors (Lipinski definition) is 7.